The molecule has 0 amide bonds. The van der Waals surface area contributed by atoms with Crippen LogP contribution in [0.5, 0.6) is 0 Å². The van der Waals surface area contributed by atoms with Gasteiger partial charge in [0.2, 0.25) is 0 Å². The maximum Gasteiger partial charge on any atom is 0.157 e. The Morgan fingerprint density at radius 3 is 2.55 bits per heavy atom. The fourth-order valence-corrected chi connectivity index (χ4v) is 0.672. The van der Waals surface area contributed by atoms with Crippen molar-refractivity contribution in [2.45, 2.75) is 32.2 Å². The van der Waals surface area contributed by atoms with E-state index >= 15 is 0 Å². The van der Waals surface area contributed by atoms with E-state index in [1.54, 1.807) is 0 Å². The van der Waals surface area contributed by atoms with Gasteiger partial charge in [-0.25, -0.2) is 0 Å². The number of aliphatic hydroxyl groups excluding tert-OH is 2. The fraction of sp³-hybridized carbons (Fsp3) is 1.00. The van der Waals surface area contributed by atoms with Crippen LogP contribution >= 0.6 is 0 Å². The summed E-state index contributed by atoms with van der Waals surface area (Å²) < 4.78 is 4.83. The normalized spacial score (nSPS) is 16.4. The van der Waals surface area contributed by atoms with Crippen molar-refractivity contribution >= 4 is 0 Å². The minimum atomic E-state index is -0.881. The Morgan fingerprint density at radius 2 is 2.09 bits per heavy atom. The van der Waals surface area contributed by atoms with Gasteiger partial charge in [0.1, 0.15) is 0 Å². The predicted molar refractivity (Wildman–Crippen MR) is 41.9 cm³/mol. The molecule has 4 N–H and O–H groups in total. The first kappa shape index (κ1) is 10.8. The van der Waals surface area contributed by atoms with E-state index in [2.05, 4.69) is 0 Å². The first-order valence-corrected chi connectivity index (χ1v) is 3.88. The van der Waals surface area contributed by atoms with Gasteiger partial charge >= 0.3 is 0 Å². The quantitative estimate of drug-likeness (QED) is 0.459. The van der Waals surface area contributed by atoms with Gasteiger partial charge in [0, 0.05) is 13.0 Å². The molecule has 0 saturated carbocycles. The van der Waals surface area contributed by atoms with Crippen molar-refractivity contribution in [3.05, 3.63) is 0 Å². The van der Waals surface area contributed by atoms with Crippen LogP contribution in [0.1, 0.15) is 19.8 Å². The molecule has 0 rings (SSSR count). The third-order valence-electron chi connectivity index (χ3n) is 1.37. The maximum absolute atomic E-state index is 9.06. The van der Waals surface area contributed by atoms with Gasteiger partial charge in [-0.05, 0) is 6.42 Å². The SMILES string of the molecule is CCC(O)CC(O)OCCN. The summed E-state index contributed by atoms with van der Waals surface area (Å²) in [5.41, 5.74) is 5.14. The van der Waals surface area contributed by atoms with Crippen LogP contribution < -0.4 is 5.73 Å². The molecule has 2 atom stereocenters. The standard InChI is InChI=1S/C7H17NO3/c1-2-6(9)5-7(10)11-4-3-8/h6-7,9-10H,2-5,8H2,1H3. The lowest BCUT2D eigenvalue weighted by molar-refractivity contribution is -0.117. The van der Waals surface area contributed by atoms with Crippen LogP contribution in [-0.4, -0.2) is 35.8 Å². The second-order valence-corrected chi connectivity index (χ2v) is 2.41. The predicted octanol–water partition coefficient (Wildman–Crippen LogP) is -0.559. The largest absolute Gasteiger partial charge is 0.393 e. The number of hydrogen-bond donors (Lipinski definition) is 3. The third kappa shape index (κ3) is 6.25. The average molecular weight is 163 g/mol. The zero-order valence-corrected chi connectivity index (χ0v) is 6.86. The molecule has 0 aliphatic heterocycles. The highest BCUT2D eigenvalue weighted by molar-refractivity contribution is 4.54. The molecule has 0 aliphatic carbocycles. The summed E-state index contributed by atoms with van der Waals surface area (Å²) in [7, 11) is 0. The van der Waals surface area contributed by atoms with Crippen molar-refractivity contribution in [3.63, 3.8) is 0 Å². The number of nitrogens with two attached hydrogens (primary N) is 1. The number of ether oxygens (including phenoxy) is 1. The molecule has 0 spiro atoms. The van der Waals surface area contributed by atoms with E-state index in [4.69, 9.17) is 20.7 Å². The first-order valence-electron chi connectivity index (χ1n) is 3.88. The van der Waals surface area contributed by atoms with Gasteiger partial charge < -0.3 is 20.7 Å². The van der Waals surface area contributed by atoms with E-state index in [0.717, 1.165) is 0 Å². The van der Waals surface area contributed by atoms with Crippen molar-refractivity contribution in [2.24, 2.45) is 5.73 Å². The van der Waals surface area contributed by atoms with Gasteiger partial charge in [-0.1, -0.05) is 6.92 Å². The van der Waals surface area contributed by atoms with Crippen molar-refractivity contribution in [2.75, 3.05) is 13.2 Å². The van der Waals surface area contributed by atoms with Crippen LogP contribution in [0, 0.1) is 0 Å². The van der Waals surface area contributed by atoms with Crippen LogP contribution in [0.2, 0.25) is 0 Å². The molecule has 0 fully saturated rings. The molecule has 4 heteroatoms. The Hall–Kier alpha value is -0.160. The molecule has 0 aromatic heterocycles. The van der Waals surface area contributed by atoms with Crippen LogP contribution in [0.4, 0.5) is 0 Å². The summed E-state index contributed by atoms with van der Waals surface area (Å²) in [5, 5.41) is 18.1. The summed E-state index contributed by atoms with van der Waals surface area (Å²) in [6.45, 7) is 2.57. The molecule has 0 saturated heterocycles. The van der Waals surface area contributed by atoms with E-state index in [1.165, 1.54) is 0 Å². The van der Waals surface area contributed by atoms with Gasteiger partial charge in [-0.3, -0.25) is 0 Å². The Kier molecular flexibility index (Phi) is 6.45. The molecule has 68 valence electrons. The number of rotatable bonds is 6. The van der Waals surface area contributed by atoms with Crippen molar-refractivity contribution in [3.8, 4) is 0 Å². The average Bonchev–Trinajstić information content (AvgIpc) is 2.00. The van der Waals surface area contributed by atoms with Gasteiger partial charge in [0.15, 0.2) is 6.29 Å². The smallest absolute Gasteiger partial charge is 0.157 e. The monoisotopic (exact) mass is 163 g/mol. The summed E-state index contributed by atoms with van der Waals surface area (Å²) in [5.74, 6) is 0. The highest BCUT2D eigenvalue weighted by Gasteiger charge is 2.09. The Labute approximate surface area is 67.0 Å². The van der Waals surface area contributed by atoms with E-state index in [-0.39, 0.29) is 6.42 Å². The first-order chi connectivity index (χ1) is 5.20. The summed E-state index contributed by atoms with van der Waals surface area (Å²) >= 11 is 0. The van der Waals surface area contributed by atoms with Gasteiger partial charge in [0.25, 0.3) is 0 Å². The Bertz CT molecular complexity index is 89.8. The molecule has 0 aromatic carbocycles. The fourth-order valence-electron chi connectivity index (χ4n) is 0.672. The van der Waals surface area contributed by atoms with Crippen LogP contribution in [0.15, 0.2) is 0 Å². The molecule has 0 aromatic rings. The zero-order valence-electron chi connectivity index (χ0n) is 6.86. The third-order valence-corrected chi connectivity index (χ3v) is 1.37. The second-order valence-electron chi connectivity index (χ2n) is 2.41. The topological polar surface area (TPSA) is 75.7 Å². The van der Waals surface area contributed by atoms with E-state index in [1.807, 2.05) is 6.92 Å². The second kappa shape index (κ2) is 6.54. The van der Waals surface area contributed by atoms with Crippen molar-refractivity contribution < 1.29 is 14.9 Å². The number of aliphatic hydroxyl groups is 2. The molecule has 2 unspecified atom stereocenters. The lowest BCUT2D eigenvalue weighted by Crippen LogP contribution is -2.22. The molecular formula is C7H17NO3. The molecule has 4 nitrogen and oxygen atoms in total. The highest BCUT2D eigenvalue weighted by Crippen LogP contribution is 2.02. The van der Waals surface area contributed by atoms with E-state index < -0.39 is 12.4 Å². The molecule has 11 heavy (non-hydrogen) atoms. The highest BCUT2D eigenvalue weighted by atomic mass is 16.6. The molecule has 0 heterocycles. The van der Waals surface area contributed by atoms with Gasteiger partial charge in [0.05, 0.1) is 12.7 Å². The summed E-state index contributed by atoms with van der Waals surface area (Å²) in [6, 6.07) is 0. The minimum absolute atomic E-state index is 0.260. The summed E-state index contributed by atoms with van der Waals surface area (Å²) in [6.07, 6.45) is -0.476. The molecular weight excluding hydrogens is 146 g/mol. The van der Waals surface area contributed by atoms with Crippen molar-refractivity contribution in [1.29, 1.82) is 0 Å². The number of hydrogen-bond acceptors (Lipinski definition) is 4. The lowest BCUT2D eigenvalue weighted by atomic mass is 10.2. The minimum Gasteiger partial charge on any atom is -0.393 e. The zero-order chi connectivity index (χ0) is 8.69. The van der Waals surface area contributed by atoms with E-state index in [9.17, 15) is 0 Å². The Morgan fingerprint density at radius 1 is 1.45 bits per heavy atom. The van der Waals surface area contributed by atoms with Crippen molar-refractivity contribution in [1.82, 2.24) is 0 Å². The maximum atomic E-state index is 9.06. The molecule has 0 aliphatic rings. The van der Waals surface area contributed by atoms with Gasteiger partial charge in [-0.2, -0.15) is 0 Å². The van der Waals surface area contributed by atoms with E-state index in [0.29, 0.717) is 19.6 Å². The summed E-state index contributed by atoms with van der Waals surface area (Å²) in [4.78, 5) is 0. The van der Waals surface area contributed by atoms with Gasteiger partial charge in [-0.15, -0.1) is 0 Å². The Balaban J connectivity index is 3.27. The van der Waals surface area contributed by atoms with Crippen LogP contribution in [0.25, 0.3) is 0 Å². The van der Waals surface area contributed by atoms with Crippen LogP contribution in [0.3, 0.4) is 0 Å². The van der Waals surface area contributed by atoms with Crippen LogP contribution in [-0.2, 0) is 4.74 Å². The molecule has 0 bridgehead atoms. The lowest BCUT2D eigenvalue weighted by Gasteiger charge is -2.14. The molecule has 0 radical (unpaired) electrons.